The summed E-state index contributed by atoms with van der Waals surface area (Å²) in [6.07, 6.45) is 1.11. The number of rotatable bonds is 8. The Balaban J connectivity index is 0.00000288. The molecule has 0 radical (unpaired) electrons. The van der Waals surface area contributed by atoms with Crippen LogP contribution in [0.5, 0.6) is 0 Å². The molecule has 2 aromatic rings. The smallest absolute Gasteiger partial charge is 0.0842 e. The van der Waals surface area contributed by atoms with Gasteiger partial charge in [0.2, 0.25) is 0 Å². The van der Waals surface area contributed by atoms with E-state index in [2.05, 4.69) is 81.6 Å². The van der Waals surface area contributed by atoms with E-state index in [1.54, 1.807) is 0 Å². The van der Waals surface area contributed by atoms with E-state index in [0.717, 1.165) is 19.5 Å². The highest BCUT2D eigenvalue weighted by molar-refractivity contribution is 5.32. The van der Waals surface area contributed by atoms with Crippen molar-refractivity contribution < 1.29 is 22.4 Å². The number of aliphatic hydroxyl groups excluding tert-OH is 1. The van der Waals surface area contributed by atoms with E-state index in [1.807, 2.05) is 0 Å². The Morgan fingerprint density at radius 3 is 1.79 bits per heavy atom. The SMILES string of the molecule is C[NH+](CCC(c1ccccc1)c1ccccc1)CC(C)(C)CO.[Cl-]. The fraction of sp³-hybridized carbons (Fsp3) is 0.429. The van der Waals surface area contributed by atoms with Gasteiger partial charge in [-0.15, -0.1) is 0 Å². The second-order valence-corrected chi connectivity index (χ2v) is 7.37. The summed E-state index contributed by atoms with van der Waals surface area (Å²) in [6.45, 7) is 6.58. The van der Waals surface area contributed by atoms with Gasteiger partial charge in [-0.05, 0) is 11.1 Å². The Hall–Kier alpha value is -1.35. The normalized spacial score (nSPS) is 12.7. The molecule has 2 nitrogen and oxygen atoms in total. The van der Waals surface area contributed by atoms with Crippen molar-refractivity contribution in [2.75, 3.05) is 26.7 Å². The lowest BCUT2D eigenvalue weighted by molar-refractivity contribution is -0.886. The first kappa shape index (κ1) is 20.7. The molecular weight excluding hydrogens is 318 g/mol. The topological polar surface area (TPSA) is 24.7 Å². The molecule has 0 aliphatic rings. The van der Waals surface area contributed by atoms with Crippen LogP contribution in [0.4, 0.5) is 0 Å². The molecule has 0 spiro atoms. The molecule has 0 saturated heterocycles. The van der Waals surface area contributed by atoms with Crippen LogP contribution in [0, 0.1) is 5.41 Å². The predicted molar refractivity (Wildman–Crippen MR) is 96.8 cm³/mol. The van der Waals surface area contributed by atoms with Crippen molar-refractivity contribution in [2.24, 2.45) is 5.41 Å². The van der Waals surface area contributed by atoms with E-state index in [0.29, 0.717) is 5.92 Å². The average Bonchev–Trinajstić information content (AvgIpc) is 2.56. The van der Waals surface area contributed by atoms with Gasteiger partial charge < -0.3 is 22.4 Å². The summed E-state index contributed by atoms with van der Waals surface area (Å²) in [6, 6.07) is 21.5. The van der Waals surface area contributed by atoms with E-state index >= 15 is 0 Å². The largest absolute Gasteiger partial charge is 1.00 e. The Morgan fingerprint density at radius 1 is 0.917 bits per heavy atom. The van der Waals surface area contributed by atoms with Gasteiger partial charge in [0, 0.05) is 17.8 Å². The van der Waals surface area contributed by atoms with Crippen LogP contribution in [0.15, 0.2) is 60.7 Å². The van der Waals surface area contributed by atoms with Crippen LogP contribution in [0.2, 0.25) is 0 Å². The molecule has 0 amide bonds. The Kier molecular flexibility index (Phi) is 8.47. The van der Waals surface area contributed by atoms with E-state index in [9.17, 15) is 5.11 Å². The van der Waals surface area contributed by atoms with Crippen LogP contribution in [0.25, 0.3) is 0 Å². The zero-order valence-electron chi connectivity index (χ0n) is 15.0. The van der Waals surface area contributed by atoms with Gasteiger partial charge in [0.15, 0.2) is 0 Å². The molecule has 24 heavy (non-hydrogen) atoms. The van der Waals surface area contributed by atoms with Gasteiger partial charge in [-0.1, -0.05) is 74.5 Å². The highest BCUT2D eigenvalue weighted by atomic mass is 35.5. The number of halogens is 1. The first-order valence-electron chi connectivity index (χ1n) is 8.54. The molecule has 2 N–H and O–H groups in total. The van der Waals surface area contributed by atoms with Crippen molar-refractivity contribution in [3.63, 3.8) is 0 Å². The van der Waals surface area contributed by atoms with Gasteiger partial charge in [-0.3, -0.25) is 0 Å². The maximum absolute atomic E-state index is 9.46. The summed E-state index contributed by atoms with van der Waals surface area (Å²) < 4.78 is 0. The van der Waals surface area contributed by atoms with Crippen LogP contribution in [0.3, 0.4) is 0 Å². The molecular formula is C21H30ClNO. The maximum Gasteiger partial charge on any atom is 0.0842 e. The van der Waals surface area contributed by atoms with Crippen LogP contribution in [0.1, 0.15) is 37.3 Å². The molecule has 0 saturated carbocycles. The summed E-state index contributed by atoms with van der Waals surface area (Å²) in [5, 5.41) is 9.46. The van der Waals surface area contributed by atoms with Crippen molar-refractivity contribution >= 4 is 0 Å². The predicted octanol–water partition coefficient (Wildman–Crippen LogP) is -0.254. The van der Waals surface area contributed by atoms with Gasteiger partial charge in [-0.25, -0.2) is 0 Å². The first-order chi connectivity index (χ1) is 11.0. The summed E-state index contributed by atoms with van der Waals surface area (Å²) in [4.78, 5) is 1.47. The molecule has 0 aliphatic heterocycles. The number of nitrogens with one attached hydrogen (secondary N) is 1. The summed E-state index contributed by atoms with van der Waals surface area (Å²) in [5.41, 5.74) is 2.75. The van der Waals surface area contributed by atoms with E-state index in [-0.39, 0.29) is 24.4 Å². The van der Waals surface area contributed by atoms with Crippen LogP contribution >= 0.6 is 0 Å². The third-order valence-electron chi connectivity index (χ3n) is 4.47. The minimum atomic E-state index is -0.0148. The highest BCUT2D eigenvalue weighted by Crippen LogP contribution is 2.27. The van der Waals surface area contributed by atoms with Gasteiger partial charge >= 0.3 is 0 Å². The lowest BCUT2D eigenvalue weighted by Crippen LogP contribution is -3.10. The van der Waals surface area contributed by atoms with Crippen LogP contribution in [-0.4, -0.2) is 31.9 Å². The van der Waals surface area contributed by atoms with E-state index in [1.165, 1.54) is 16.0 Å². The number of quaternary nitrogens is 1. The van der Waals surface area contributed by atoms with Crippen molar-refractivity contribution in [2.45, 2.75) is 26.2 Å². The number of benzene rings is 2. The molecule has 0 fully saturated rings. The van der Waals surface area contributed by atoms with Gasteiger partial charge in [-0.2, -0.15) is 0 Å². The molecule has 1 unspecified atom stereocenters. The fourth-order valence-electron chi connectivity index (χ4n) is 3.25. The Bertz CT molecular complexity index is 531. The number of hydrogen-bond donors (Lipinski definition) is 2. The fourth-order valence-corrected chi connectivity index (χ4v) is 3.25. The summed E-state index contributed by atoms with van der Waals surface area (Å²) in [5.74, 6) is 0.435. The average molecular weight is 348 g/mol. The number of aliphatic hydroxyl groups is 1. The Labute approximate surface area is 152 Å². The van der Waals surface area contributed by atoms with Crippen molar-refractivity contribution in [1.29, 1.82) is 0 Å². The van der Waals surface area contributed by atoms with Crippen LogP contribution in [-0.2, 0) is 0 Å². The molecule has 0 heterocycles. The monoisotopic (exact) mass is 347 g/mol. The lowest BCUT2D eigenvalue weighted by Gasteiger charge is -2.27. The third-order valence-corrected chi connectivity index (χ3v) is 4.47. The Morgan fingerprint density at radius 2 is 1.38 bits per heavy atom. The molecule has 1 atom stereocenters. The zero-order chi connectivity index (χ0) is 16.7. The van der Waals surface area contributed by atoms with Gasteiger partial charge in [0.05, 0.1) is 26.7 Å². The van der Waals surface area contributed by atoms with Crippen molar-refractivity contribution in [3.05, 3.63) is 71.8 Å². The molecule has 0 aromatic heterocycles. The summed E-state index contributed by atoms with van der Waals surface area (Å²) >= 11 is 0. The molecule has 0 bridgehead atoms. The minimum Gasteiger partial charge on any atom is -1.00 e. The third kappa shape index (κ3) is 6.27. The van der Waals surface area contributed by atoms with Crippen LogP contribution < -0.4 is 17.3 Å². The lowest BCUT2D eigenvalue weighted by atomic mass is 9.88. The van der Waals surface area contributed by atoms with Crippen molar-refractivity contribution in [3.8, 4) is 0 Å². The molecule has 2 rings (SSSR count). The minimum absolute atomic E-state index is 0. The molecule has 0 aliphatic carbocycles. The first-order valence-corrected chi connectivity index (χ1v) is 8.54. The second-order valence-electron chi connectivity index (χ2n) is 7.37. The molecule has 3 heteroatoms. The highest BCUT2D eigenvalue weighted by Gasteiger charge is 2.23. The van der Waals surface area contributed by atoms with E-state index < -0.39 is 0 Å². The van der Waals surface area contributed by atoms with Gasteiger partial charge in [0.1, 0.15) is 0 Å². The van der Waals surface area contributed by atoms with Gasteiger partial charge in [0.25, 0.3) is 0 Å². The molecule has 2 aromatic carbocycles. The number of hydrogen-bond acceptors (Lipinski definition) is 1. The van der Waals surface area contributed by atoms with Crippen molar-refractivity contribution in [1.82, 2.24) is 0 Å². The zero-order valence-corrected chi connectivity index (χ0v) is 15.8. The standard InChI is InChI=1S/C21H29NO.ClH/c1-21(2,17-23)16-22(3)15-14-20(18-10-6-4-7-11-18)19-12-8-5-9-13-19;/h4-13,20,23H,14-17H2,1-3H3;1H. The molecule has 132 valence electrons. The second kappa shape index (κ2) is 9.83. The quantitative estimate of drug-likeness (QED) is 0.676. The summed E-state index contributed by atoms with van der Waals surface area (Å²) in [7, 11) is 2.23. The van der Waals surface area contributed by atoms with E-state index in [4.69, 9.17) is 0 Å². The maximum atomic E-state index is 9.46.